The van der Waals surface area contributed by atoms with E-state index in [1.54, 1.807) is 23.7 Å². The number of rotatable bonds is 4. The molecule has 3 rings (SSSR count). The van der Waals surface area contributed by atoms with Gasteiger partial charge in [-0.25, -0.2) is 9.07 Å². The third-order valence-electron chi connectivity index (χ3n) is 3.86. The molecule has 0 aliphatic rings. The summed E-state index contributed by atoms with van der Waals surface area (Å²) >= 11 is 0. The number of furan rings is 1. The molecule has 0 saturated heterocycles. The SMILES string of the molecule is Cc1ccc(C(C)NC(=O)c2cnn(-c3ccc(F)cc3)c2C)o1. The van der Waals surface area contributed by atoms with E-state index in [9.17, 15) is 9.18 Å². The highest BCUT2D eigenvalue weighted by Gasteiger charge is 2.19. The van der Waals surface area contributed by atoms with E-state index < -0.39 is 0 Å². The Balaban J connectivity index is 1.80. The van der Waals surface area contributed by atoms with Crippen LogP contribution in [-0.2, 0) is 0 Å². The van der Waals surface area contributed by atoms with E-state index in [2.05, 4.69) is 10.4 Å². The van der Waals surface area contributed by atoms with Crippen LogP contribution in [0.15, 0.2) is 47.0 Å². The highest BCUT2D eigenvalue weighted by atomic mass is 19.1. The van der Waals surface area contributed by atoms with E-state index in [1.807, 2.05) is 26.0 Å². The van der Waals surface area contributed by atoms with Crippen LogP contribution in [0.1, 0.15) is 40.5 Å². The van der Waals surface area contributed by atoms with Crippen LogP contribution >= 0.6 is 0 Å². The maximum Gasteiger partial charge on any atom is 0.255 e. The summed E-state index contributed by atoms with van der Waals surface area (Å²) < 4.78 is 20.2. The smallest absolute Gasteiger partial charge is 0.255 e. The Morgan fingerprint density at radius 2 is 1.92 bits per heavy atom. The molecule has 24 heavy (non-hydrogen) atoms. The summed E-state index contributed by atoms with van der Waals surface area (Å²) in [6.45, 7) is 5.51. The van der Waals surface area contributed by atoms with Crippen molar-refractivity contribution in [3.8, 4) is 5.69 Å². The minimum Gasteiger partial charge on any atom is -0.464 e. The van der Waals surface area contributed by atoms with Gasteiger partial charge in [-0.3, -0.25) is 4.79 Å². The number of carbonyl (C=O) groups is 1. The van der Waals surface area contributed by atoms with Gasteiger partial charge in [-0.15, -0.1) is 0 Å². The van der Waals surface area contributed by atoms with Crippen molar-refractivity contribution in [1.29, 1.82) is 0 Å². The molecule has 2 aromatic heterocycles. The second-order valence-electron chi connectivity index (χ2n) is 5.68. The van der Waals surface area contributed by atoms with Crippen molar-refractivity contribution in [3.05, 3.63) is 71.2 Å². The summed E-state index contributed by atoms with van der Waals surface area (Å²) in [7, 11) is 0. The molecule has 1 aromatic carbocycles. The minimum absolute atomic E-state index is 0.234. The summed E-state index contributed by atoms with van der Waals surface area (Å²) in [6.07, 6.45) is 1.51. The van der Waals surface area contributed by atoms with Gasteiger partial charge in [-0.1, -0.05) is 0 Å². The molecule has 0 aliphatic heterocycles. The normalized spacial score (nSPS) is 12.2. The predicted octanol–water partition coefficient (Wildman–Crippen LogP) is 3.71. The van der Waals surface area contributed by atoms with Crippen LogP contribution in [0.4, 0.5) is 4.39 Å². The molecule has 1 atom stereocenters. The molecule has 1 unspecified atom stereocenters. The van der Waals surface area contributed by atoms with Gasteiger partial charge in [0.25, 0.3) is 5.91 Å². The lowest BCUT2D eigenvalue weighted by Crippen LogP contribution is -2.26. The number of amides is 1. The number of nitrogens with zero attached hydrogens (tertiary/aromatic N) is 2. The van der Waals surface area contributed by atoms with Gasteiger partial charge >= 0.3 is 0 Å². The monoisotopic (exact) mass is 327 g/mol. The van der Waals surface area contributed by atoms with Crippen LogP contribution in [0.3, 0.4) is 0 Å². The van der Waals surface area contributed by atoms with Crippen molar-refractivity contribution in [2.75, 3.05) is 0 Å². The lowest BCUT2D eigenvalue weighted by Gasteiger charge is -2.11. The Morgan fingerprint density at radius 3 is 2.54 bits per heavy atom. The Labute approximate surface area is 139 Å². The number of aromatic nitrogens is 2. The maximum absolute atomic E-state index is 13.0. The Kier molecular flexibility index (Phi) is 4.20. The molecule has 0 fully saturated rings. The Hall–Kier alpha value is -2.89. The first kappa shape index (κ1) is 16.0. The number of hydrogen-bond acceptors (Lipinski definition) is 3. The zero-order valence-corrected chi connectivity index (χ0v) is 13.7. The summed E-state index contributed by atoms with van der Waals surface area (Å²) in [5.74, 6) is 0.947. The number of carbonyl (C=O) groups excluding carboxylic acids is 1. The number of hydrogen-bond donors (Lipinski definition) is 1. The standard InChI is InChI=1S/C18H18FN3O2/c1-11-4-9-17(24-11)12(2)21-18(23)16-10-20-22(13(16)3)15-7-5-14(19)6-8-15/h4-10,12H,1-3H3,(H,21,23). The van der Waals surface area contributed by atoms with Crippen molar-refractivity contribution in [2.24, 2.45) is 0 Å². The number of halogens is 1. The van der Waals surface area contributed by atoms with Crippen LogP contribution < -0.4 is 5.32 Å². The zero-order chi connectivity index (χ0) is 17.3. The predicted molar refractivity (Wildman–Crippen MR) is 87.6 cm³/mol. The summed E-state index contributed by atoms with van der Waals surface area (Å²) in [5.41, 5.74) is 1.85. The second kappa shape index (κ2) is 6.31. The van der Waals surface area contributed by atoms with Gasteiger partial charge in [0.1, 0.15) is 17.3 Å². The van der Waals surface area contributed by atoms with E-state index >= 15 is 0 Å². The fourth-order valence-corrected chi connectivity index (χ4v) is 2.51. The number of aryl methyl sites for hydroxylation is 1. The molecule has 0 saturated carbocycles. The van der Waals surface area contributed by atoms with E-state index in [1.165, 1.54) is 18.3 Å². The molecule has 0 spiro atoms. The molecular formula is C18H18FN3O2. The van der Waals surface area contributed by atoms with Gasteiger partial charge in [-0.2, -0.15) is 5.10 Å². The zero-order valence-electron chi connectivity index (χ0n) is 13.7. The van der Waals surface area contributed by atoms with E-state index in [4.69, 9.17) is 4.42 Å². The van der Waals surface area contributed by atoms with Crippen molar-refractivity contribution >= 4 is 5.91 Å². The van der Waals surface area contributed by atoms with Crippen LogP contribution in [0.25, 0.3) is 5.69 Å². The van der Waals surface area contributed by atoms with Crippen molar-refractivity contribution < 1.29 is 13.6 Å². The molecule has 124 valence electrons. The highest BCUT2D eigenvalue weighted by Crippen LogP contribution is 2.18. The molecule has 6 heteroatoms. The second-order valence-corrected chi connectivity index (χ2v) is 5.68. The molecule has 0 aliphatic carbocycles. The fraction of sp³-hybridized carbons (Fsp3) is 0.222. The van der Waals surface area contributed by atoms with Gasteiger partial charge < -0.3 is 9.73 Å². The first-order valence-electron chi connectivity index (χ1n) is 7.63. The van der Waals surface area contributed by atoms with Crippen LogP contribution in [-0.4, -0.2) is 15.7 Å². The summed E-state index contributed by atoms with van der Waals surface area (Å²) in [5, 5.41) is 7.13. The third kappa shape index (κ3) is 3.08. The Bertz CT molecular complexity index is 865. The average Bonchev–Trinajstić information content (AvgIpc) is 3.14. The molecule has 1 amide bonds. The van der Waals surface area contributed by atoms with Gasteiger partial charge in [0.05, 0.1) is 29.2 Å². The minimum atomic E-state index is -0.316. The summed E-state index contributed by atoms with van der Waals surface area (Å²) in [4.78, 5) is 12.5. The highest BCUT2D eigenvalue weighted by molar-refractivity contribution is 5.95. The van der Waals surface area contributed by atoms with E-state index in [-0.39, 0.29) is 17.8 Å². The van der Waals surface area contributed by atoms with Gasteiger partial charge in [0.15, 0.2) is 0 Å². The number of benzene rings is 1. The van der Waals surface area contributed by atoms with Crippen LogP contribution in [0.5, 0.6) is 0 Å². The van der Waals surface area contributed by atoms with Crippen LogP contribution in [0, 0.1) is 19.7 Å². The van der Waals surface area contributed by atoms with E-state index in [0.29, 0.717) is 22.7 Å². The summed E-state index contributed by atoms with van der Waals surface area (Å²) in [6, 6.07) is 9.40. The van der Waals surface area contributed by atoms with Gasteiger partial charge in [0, 0.05) is 0 Å². The molecule has 2 heterocycles. The van der Waals surface area contributed by atoms with Crippen molar-refractivity contribution in [3.63, 3.8) is 0 Å². The molecule has 3 aromatic rings. The molecule has 0 radical (unpaired) electrons. The van der Waals surface area contributed by atoms with Crippen molar-refractivity contribution in [2.45, 2.75) is 26.8 Å². The lowest BCUT2D eigenvalue weighted by atomic mass is 10.2. The fourth-order valence-electron chi connectivity index (χ4n) is 2.51. The van der Waals surface area contributed by atoms with Gasteiger partial charge in [-0.05, 0) is 57.2 Å². The van der Waals surface area contributed by atoms with Gasteiger partial charge in [0.2, 0.25) is 0 Å². The largest absolute Gasteiger partial charge is 0.464 e. The third-order valence-corrected chi connectivity index (χ3v) is 3.86. The lowest BCUT2D eigenvalue weighted by molar-refractivity contribution is 0.0934. The van der Waals surface area contributed by atoms with Crippen LogP contribution in [0.2, 0.25) is 0 Å². The maximum atomic E-state index is 13.0. The topological polar surface area (TPSA) is 60.1 Å². The molecule has 0 bridgehead atoms. The average molecular weight is 327 g/mol. The molecule has 1 N–H and O–H groups in total. The molecular weight excluding hydrogens is 309 g/mol. The number of nitrogens with one attached hydrogen (secondary N) is 1. The first-order chi connectivity index (χ1) is 11.5. The first-order valence-corrected chi connectivity index (χ1v) is 7.63. The van der Waals surface area contributed by atoms with E-state index in [0.717, 1.165) is 5.76 Å². The quantitative estimate of drug-likeness (QED) is 0.794. The van der Waals surface area contributed by atoms with Crippen molar-refractivity contribution in [1.82, 2.24) is 15.1 Å². The Morgan fingerprint density at radius 1 is 1.21 bits per heavy atom. The molecule has 5 nitrogen and oxygen atoms in total.